The van der Waals surface area contributed by atoms with E-state index in [4.69, 9.17) is 0 Å². The Kier molecular flexibility index (Phi) is 5.23. The van der Waals surface area contributed by atoms with Gasteiger partial charge in [0.05, 0.1) is 6.61 Å². The standard InChI is InChI=1S/C24H28OSi2/c1-26(2,3)13-11-18-7-9-21-20(15-18)16-23-22(21)10-8-19(24(23)17-25)12-14-27(4,5)6/h7-10,15,25H,16-17H2,1-6H3. The Hall–Kier alpha value is -2.05. The highest BCUT2D eigenvalue weighted by molar-refractivity contribution is 6.84. The van der Waals surface area contributed by atoms with Gasteiger partial charge in [-0.2, -0.15) is 0 Å². The summed E-state index contributed by atoms with van der Waals surface area (Å²) in [5.74, 6) is 6.71. The van der Waals surface area contributed by atoms with E-state index in [9.17, 15) is 5.11 Å². The molecule has 0 saturated carbocycles. The molecule has 0 fully saturated rings. The topological polar surface area (TPSA) is 20.2 Å². The van der Waals surface area contributed by atoms with Crippen molar-refractivity contribution in [1.29, 1.82) is 0 Å². The SMILES string of the molecule is C[Si](C)(C)C#Cc1ccc2c(c1)Cc1c-2ccc(C#C[Si](C)(C)C)c1CO. The van der Waals surface area contributed by atoms with Crippen LogP contribution in [0.25, 0.3) is 11.1 Å². The van der Waals surface area contributed by atoms with E-state index in [2.05, 4.69) is 92.5 Å². The van der Waals surface area contributed by atoms with E-state index in [1.165, 1.54) is 22.3 Å². The third-order valence-electron chi connectivity index (χ3n) is 4.51. The molecule has 3 rings (SSSR count). The number of aliphatic hydroxyl groups is 1. The lowest BCUT2D eigenvalue weighted by molar-refractivity contribution is 0.280. The molecule has 0 unspecified atom stereocenters. The van der Waals surface area contributed by atoms with Gasteiger partial charge in [-0.05, 0) is 52.4 Å². The molecular formula is C24H28OSi2. The van der Waals surface area contributed by atoms with E-state index >= 15 is 0 Å². The monoisotopic (exact) mass is 388 g/mol. The number of hydrogen-bond acceptors (Lipinski definition) is 1. The van der Waals surface area contributed by atoms with Crippen LogP contribution in [0.1, 0.15) is 27.8 Å². The third kappa shape index (κ3) is 4.63. The number of fused-ring (bicyclic) bond motifs is 3. The fraction of sp³-hybridized carbons (Fsp3) is 0.333. The van der Waals surface area contributed by atoms with Crippen molar-refractivity contribution in [2.24, 2.45) is 0 Å². The van der Waals surface area contributed by atoms with Crippen LogP contribution in [0.15, 0.2) is 30.3 Å². The third-order valence-corrected chi connectivity index (χ3v) is 6.26. The summed E-state index contributed by atoms with van der Waals surface area (Å²) in [6, 6.07) is 10.8. The molecule has 1 aliphatic carbocycles. The second-order valence-electron chi connectivity index (χ2n) is 9.32. The largest absolute Gasteiger partial charge is 0.392 e. The first kappa shape index (κ1) is 19.7. The minimum Gasteiger partial charge on any atom is -0.392 e. The van der Waals surface area contributed by atoms with E-state index in [1.807, 2.05) is 0 Å². The Labute approximate surface area is 165 Å². The van der Waals surface area contributed by atoms with Gasteiger partial charge in [0.15, 0.2) is 0 Å². The number of hydrogen-bond donors (Lipinski definition) is 1. The van der Waals surface area contributed by atoms with Crippen molar-refractivity contribution in [1.82, 2.24) is 0 Å². The van der Waals surface area contributed by atoms with Gasteiger partial charge in [-0.25, -0.2) is 0 Å². The molecule has 0 atom stereocenters. The average molecular weight is 389 g/mol. The maximum Gasteiger partial charge on any atom is 0.129 e. The zero-order valence-electron chi connectivity index (χ0n) is 17.2. The quantitative estimate of drug-likeness (QED) is 0.448. The van der Waals surface area contributed by atoms with Gasteiger partial charge in [-0.1, -0.05) is 63.3 Å². The summed E-state index contributed by atoms with van der Waals surface area (Å²) in [6.07, 6.45) is 0.853. The van der Waals surface area contributed by atoms with Crippen LogP contribution in [-0.2, 0) is 13.0 Å². The second-order valence-corrected chi connectivity index (χ2v) is 18.8. The first-order chi connectivity index (χ1) is 12.6. The highest BCUT2D eigenvalue weighted by atomic mass is 28.3. The van der Waals surface area contributed by atoms with Crippen LogP contribution < -0.4 is 0 Å². The number of benzene rings is 2. The highest BCUT2D eigenvalue weighted by Gasteiger charge is 2.23. The van der Waals surface area contributed by atoms with Crippen LogP contribution in [0.2, 0.25) is 39.3 Å². The molecule has 0 heterocycles. The van der Waals surface area contributed by atoms with Gasteiger partial charge in [-0.15, -0.1) is 11.1 Å². The Morgan fingerprint density at radius 3 is 2.11 bits per heavy atom. The molecule has 0 radical (unpaired) electrons. The molecule has 3 heteroatoms. The molecule has 0 aliphatic heterocycles. The Morgan fingerprint density at radius 1 is 0.852 bits per heavy atom. The molecule has 0 amide bonds. The summed E-state index contributed by atoms with van der Waals surface area (Å²) in [5, 5.41) is 10.0. The van der Waals surface area contributed by atoms with Crippen molar-refractivity contribution in [3.63, 3.8) is 0 Å². The lowest BCUT2D eigenvalue weighted by atomic mass is 9.97. The summed E-state index contributed by atoms with van der Waals surface area (Å²) in [6.45, 7) is 13.6. The van der Waals surface area contributed by atoms with Crippen LogP contribution in [0.4, 0.5) is 0 Å². The highest BCUT2D eigenvalue weighted by Crippen LogP contribution is 2.39. The molecule has 138 valence electrons. The van der Waals surface area contributed by atoms with E-state index in [1.54, 1.807) is 0 Å². The number of aliphatic hydroxyl groups excluding tert-OH is 1. The van der Waals surface area contributed by atoms with Crippen molar-refractivity contribution in [3.8, 4) is 34.1 Å². The minimum absolute atomic E-state index is 0.0369. The van der Waals surface area contributed by atoms with Gasteiger partial charge in [-0.3, -0.25) is 0 Å². The molecule has 0 aromatic heterocycles. The zero-order chi connectivity index (χ0) is 19.8. The Balaban J connectivity index is 2.02. The number of rotatable bonds is 1. The van der Waals surface area contributed by atoms with E-state index in [0.717, 1.165) is 23.1 Å². The van der Waals surface area contributed by atoms with Gasteiger partial charge < -0.3 is 5.11 Å². The molecule has 2 aromatic carbocycles. The Morgan fingerprint density at radius 2 is 1.48 bits per heavy atom. The lowest BCUT2D eigenvalue weighted by Gasteiger charge is -2.10. The van der Waals surface area contributed by atoms with Crippen molar-refractivity contribution < 1.29 is 5.11 Å². The first-order valence-corrected chi connectivity index (χ1v) is 16.5. The van der Waals surface area contributed by atoms with E-state index in [0.29, 0.717) is 0 Å². The maximum absolute atomic E-state index is 10.0. The fourth-order valence-electron chi connectivity index (χ4n) is 3.23. The van der Waals surface area contributed by atoms with E-state index < -0.39 is 16.1 Å². The van der Waals surface area contributed by atoms with Crippen molar-refractivity contribution >= 4 is 16.1 Å². The molecule has 0 saturated heterocycles. The molecular weight excluding hydrogens is 360 g/mol. The zero-order valence-corrected chi connectivity index (χ0v) is 19.2. The molecule has 1 aliphatic rings. The van der Waals surface area contributed by atoms with Crippen LogP contribution in [0.3, 0.4) is 0 Å². The molecule has 27 heavy (non-hydrogen) atoms. The molecule has 1 N–H and O–H groups in total. The Bertz CT molecular complexity index is 1010. The summed E-state index contributed by atoms with van der Waals surface area (Å²) in [5.41, 5.74) is 15.0. The van der Waals surface area contributed by atoms with Crippen LogP contribution in [0.5, 0.6) is 0 Å². The average Bonchev–Trinajstić information content (AvgIpc) is 2.94. The maximum atomic E-state index is 10.0. The van der Waals surface area contributed by atoms with Gasteiger partial charge in [0.1, 0.15) is 16.1 Å². The van der Waals surface area contributed by atoms with Gasteiger partial charge >= 0.3 is 0 Å². The smallest absolute Gasteiger partial charge is 0.129 e. The summed E-state index contributed by atoms with van der Waals surface area (Å²) >= 11 is 0. The molecule has 1 nitrogen and oxygen atoms in total. The van der Waals surface area contributed by atoms with Crippen LogP contribution in [0, 0.1) is 22.9 Å². The van der Waals surface area contributed by atoms with Crippen molar-refractivity contribution in [2.75, 3.05) is 0 Å². The normalized spacial score (nSPS) is 12.4. The van der Waals surface area contributed by atoms with Gasteiger partial charge in [0.25, 0.3) is 0 Å². The van der Waals surface area contributed by atoms with Crippen LogP contribution in [-0.4, -0.2) is 21.3 Å². The molecule has 0 spiro atoms. The minimum atomic E-state index is -1.45. The van der Waals surface area contributed by atoms with Gasteiger partial charge in [0.2, 0.25) is 0 Å². The summed E-state index contributed by atoms with van der Waals surface area (Å²) in [4.78, 5) is 0. The predicted molar refractivity (Wildman–Crippen MR) is 121 cm³/mol. The fourth-order valence-corrected chi connectivity index (χ4v) is 4.26. The molecule has 0 bridgehead atoms. The van der Waals surface area contributed by atoms with E-state index in [-0.39, 0.29) is 6.61 Å². The van der Waals surface area contributed by atoms with Gasteiger partial charge in [0, 0.05) is 11.1 Å². The summed E-state index contributed by atoms with van der Waals surface area (Å²) in [7, 11) is -2.83. The summed E-state index contributed by atoms with van der Waals surface area (Å²) < 4.78 is 0. The first-order valence-electron chi connectivity index (χ1n) is 9.53. The van der Waals surface area contributed by atoms with Crippen molar-refractivity contribution in [3.05, 3.63) is 58.1 Å². The lowest BCUT2D eigenvalue weighted by Crippen LogP contribution is -2.16. The molecule has 2 aromatic rings. The predicted octanol–water partition coefficient (Wildman–Crippen LogP) is 5.21. The van der Waals surface area contributed by atoms with Crippen LogP contribution >= 0.6 is 0 Å². The second kappa shape index (κ2) is 7.17. The van der Waals surface area contributed by atoms with Crippen molar-refractivity contribution in [2.45, 2.75) is 52.3 Å².